The summed E-state index contributed by atoms with van der Waals surface area (Å²) in [6.45, 7) is 19.0. The van der Waals surface area contributed by atoms with E-state index in [-0.39, 0.29) is 12.2 Å². The summed E-state index contributed by atoms with van der Waals surface area (Å²) < 4.78 is 0. The first-order chi connectivity index (χ1) is 24.1. The molecule has 0 heterocycles. The third kappa shape index (κ3) is 11.9. The van der Waals surface area contributed by atoms with Crippen molar-refractivity contribution >= 4 is 27.2 Å². The molecule has 3 nitrogen and oxygen atoms in total. The number of nitrogen functional groups attached to an aromatic ring is 1. The van der Waals surface area contributed by atoms with Gasteiger partial charge in [-0.25, -0.2) is 0 Å². The lowest BCUT2D eigenvalue weighted by molar-refractivity contribution is 0.394. The van der Waals surface area contributed by atoms with Crippen LogP contribution in [0, 0.1) is 0 Å². The van der Waals surface area contributed by atoms with Gasteiger partial charge in [-0.3, -0.25) is 10.6 Å². The molecule has 0 fully saturated rings. The van der Waals surface area contributed by atoms with Crippen molar-refractivity contribution in [2.24, 2.45) is 0 Å². The van der Waals surface area contributed by atoms with E-state index in [9.17, 15) is 0 Å². The van der Waals surface area contributed by atoms with Crippen LogP contribution in [0.5, 0.6) is 0 Å². The van der Waals surface area contributed by atoms with Crippen LogP contribution in [0.3, 0.4) is 0 Å². The van der Waals surface area contributed by atoms with Gasteiger partial charge in [0.25, 0.3) is 0 Å². The third-order valence-corrected chi connectivity index (χ3v) is 8.07. The van der Waals surface area contributed by atoms with Crippen LogP contribution in [0.4, 0.5) is 5.69 Å². The van der Waals surface area contributed by atoms with E-state index in [1.807, 2.05) is 55.4 Å². The molecule has 49 heavy (non-hydrogen) atoms. The number of aryl methyl sites for hydroxylation is 2. The van der Waals surface area contributed by atoms with Crippen molar-refractivity contribution < 1.29 is 0 Å². The van der Waals surface area contributed by atoms with Gasteiger partial charge in [0.1, 0.15) is 0 Å². The largest absolute Gasteiger partial charge is 0.398 e. The first-order valence-electron chi connectivity index (χ1n) is 18.5. The van der Waals surface area contributed by atoms with E-state index in [0.717, 1.165) is 25.1 Å². The zero-order chi connectivity index (χ0) is 36.0. The van der Waals surface area contributed by atoms with Crippen LogP contribution in [0.2, 0.25) is 0 Å². The number of hydrogen-bond acceptors (Lipinski definition) is 3. The Kier molecular flexibility index (Phi) is 19.1. The van der Waals surface area contributed by atoms with Crippen molar-refractivity contribution in [3.8, 4) is 0 Å². The molecule has 6 aromatic rings. The van der Waals surface area contributed by atoms with Crippen molar-refractivity contribution in [2.75, 3.05) is 5.73 Å². The lowest BCUT2D eigenvalue weighted by Crippen LogP contribution is -2.35. The van der Waals surface area contributed by atoms with E-state index in [4.69, 9.17) is 5.73 Å². The molecule has 0 saturated carbocycles. The van der Waals surface area contributed by atoms with Gasteiger partial charge in [-0.05, 0) is 81.3 Å². The predicted octanol–water partition coefficient (Wildman–Crippen LogP) is 12.6. The molecular formula is C46H61N3. The normalized spacial score (nSPS) is 11.3. The van der Waals surface area contributed by atoms with Crippen molar-refractivity contribution in [3.05, 3.63) is 161 Å². The molecule has 2 atom stereocenters. The molecule has 4 N–H and O–H groups in total. The van der Waals surface area contributed by atoms with Gasteiger partial charge < -0.3 is 5.73 Å². The quantitative estimate of drug-likeness (QED) is 0.102. The van der Waals surface area contributed by atoms with Crippen molar-refractivity contribution in [2.45, 2.75) is 93.9 Å². The number of rotatable bonds is 10. The zero-order valence-electron chi connectivity index (χ0n) is 31.6. The van der Waals surface area contributed by atoms with Gasteiger partial charge in [0.15, 0.2) is 0 Å². The van der Waals surface area contributed by atoms with Crippen molar-refractivity contribution in [3.63, 3.8) is 0 Å². The number of hydrogen-bond donors (Lipinski definition) is 3. The van der Waals surface area contributed by atoms with Gasteiger partial charge in [0.05, 0.1) is 6.17 Å². The molecule has 0 bridgehead atoms. The van der Waals surface area contributed by atoms with Crippen LogP contribution < -0.4 is 16.4 Å². The molecule has 3 heteroatoms. The summed E-state index contributed by atoms with van der Waals surface area (Å²) in [6, 6.07) is 47.6. The summed E-state index contributed by atoms with van der Waals surface area (Å²) in [5.41, 5.74) is 13.7. The zero-order valence-corrected chi connectivity index (χ0v) is 31.6. The van der Waals surface area contributed by atoms with Gasteiger partial charge in [-0.1, -0.05) is 177 Å². The minimum absolute atomic E-state index is 0.0195. The first-order valence-corrected chi connectivity index (χ1v) is 18.5. The molecule has 2 unspecified atom stereocenters. The van der Waals surface area contributed by atoms with Crippen LogP contribution in [0.1, 0.15) is 102 Å². The van der Waals surface area contributed by atoms with Gasteiger partial charge >= 0.3 is 0 Å². The second kappa shape index (κ2) is 23.0. The third-order valence-electron chi connectivity index (χ3n) is 8.07. The predicted molar refractivity (Wildman–Crippen MR) is 219 cm³/mol. The van der Waals surface area contributed by atoms with E-state index in [2.05, 4.69) is 151 Å². The number of benzene rings is 6. The van der Waals surface area contributed by atoms with Crippen LogP contribution >= 0.6 is 0 Å². The summed E-state index contributed by atoms with van der Waals surface area (Å²) in [4.78, 5) is 0. The fraction of sp³-hybridized carbons (Fsp3) is 0.304. The standard InChI is InChI=1S/C38H37N3.4C2H6/c1-27(41-38(31-13-6-3-7-14-31)40-26-29-10-4-2-5-11-29)32-19-22-35-34(25-32)20-23-37(39)36(35)21-17-28-16-18-30-12-8-9-15-33(30)24-28;4*1-2/h2-16,18-20,22-25,27,38,40-41H,17,21,26,39H2,1H3;4*1-2H3. The molecule has 260 valence electrons. The van der Waals surface area contributed by atoms with E-state index in [1.54, 1.807) is 0 Å². The fourth-order valence-corrected chi connectivity index (χ4v) is 5.72. The summed E-state index contributed by atoms with van der Waals surface area (Å²) in [7, 11) is 0. The number of fused-ring (bicyclic) bond motifs is 2. The maximum Gasteiger partial charge on any atom is 0.0842 e. The van der Waals surface area contributed by atoms with Crippen LogP contribution in [0.15, 0.2) is 133 Å². The van der Waals surface area contributed by atoms with Gasteiger partial charge in [0.2, 0.25) is 0 Å². The minimum Gasteiger partial charge on any atom is -0.398 e. The van der Waals surface area contributed by atoms with Crippen LogP contribution in [0.25, 0.3) is 21.5 Å². The van der Waals surface area contributed by atoms with Crippen molar-refractivity contribution in [1.29, 1.82) is 0 Å². The molecule has 0 spiro atoms. The Balaban J connectivity index is 0.000000973. The SMILES string of the molecule is CC.CC.CC.CC.CC(NC(NCc1ccccc1)c1ccccc1)c1ccc2c(CCc3ccc4ccccc4c3)c(N)ccc2c1. The van der Waals surface area contributed by atoms with Gasteiger partial charge in [0, 0.05) is 18.3 Å². The number of nitrogens with two attached hydrogens (primary N) is 1. The molecular weight excluding hydrogens is 595 g/mol. The Morgan fingerprint density at radius 1 is 0.510 bits per heavy atom. The Bertz CT molecular complexity index is 1750. The highest BCUT2D eigenvalue weighted by molar-refractivity contribution is 5.90. The molecule has 0 radical (unpaired) electrons. The lowest BCUT2D eigenvalue weighted by atomic mass is 9.94. The number of anilines is 1. The highest BCUT2D eigenvalue weighted by Crippen LogP contribution is 2.29. The highest BCUT2D eigenvalue weighted by atomic mass is 15.1. The second-order valence-electron chi connectivity index (χ2n) is 10.9. The van der Waals surface area contributed by atoms with Crippen LogP contribution in [-0.4, -0.2) is 0 Å². The summed E-state index contributed by atoms with van der Waals surface area (Å²) in [6.07, 6.45) is 1.89. The van der Waals surface area contributed by atoms with E-state index >= 15 is 0 Å². The summed E-state index contributed by atoms with van der Waals surface area (Å²) >= 11 is 0. The Morgan fingerprint density at radius 2 is 1.10 bits per heavy atom. The highest BCUT2D eigenvalue weighted by Gasteiger charge is 2.16. The Morgan fingerprint density at radius 3 is 1.78 bits per heavy atom. The molecule has 0 aliphatic rings. The molecule has 0 amide bonds. The van der Waals surface area contributed by atoms with E-state index in [1.165, 1.54) is 49.4 Å². The molecule has 0 aromatic heterocycles. The Hall–Kier alpha value is -4.44. The van der Waals surface area contributed by atoms with Crippen molar-refractivity contribution in [1.82, 2.24) is 10.6 Å². The smallest absolute Gasteiger partial charge is 0.0842 e. The lowest BCUT2D eigenvalue weighted by Gasteiger charge is -2.26. The maximum atomic E-state index is 6.53. The van der Waals surface area contributed by atoms with Gasteiger partial charge in [-0.2, -0.15) is 0 Å². The summed E-state index contributed by atoms with van der Waals surface area (Å²) in [5.74, 6) is 0. The molecule has 6 rings (SSSR count). The first kappa shape index (κ1) is 40.7. The molecule has 0 aliphatic heterocycles. The van der Waals surface area contributed by atoms with E-state index in [0.29, 0.717) is 0 Å². The van der Waals surface area contributed by atoms with Crippen LogP contribution in [-0.2, 0) is 19.4 Å². The Labute approximate surface area is 298 Å². The number of nitrogens with one attached hydrogen (secondary N) is 2. The second-order valence-corrected chi connectivity index (χ2v) is 10.9. The minimum atomic E-state index is 0.0195. The van der Waals surface area contributed by atoms with E-state index < -0.39 is 0 Å². The maximum absolute atomic E-state index is 6.53. The molecule has 0 saturated heterocycles. The average molecular weight is 656 g/mol. The topological polar surface area (TPSA) is 50.1 Å². The summed E-state index contributed by atoms with van der Waals surface area (Å²) in [5, 5.41) is 12.6. The monoisotopic (exact) mass is 655 g/mol. The van der Waals surface area contributed by atoms with Gasteiger partial charge in [-0.15, -0.1) is 0 Å². The molecule has 6 aromatic carbocycles. The fourth-order valence-electron chi connectivity index (χ4n) is 5.72. The molecule has 0 aliphatic carbocycles. The average Bonchev–Trinajstić information content (AvgIpc) is 3.19.